The van der Waals surface area contributed by atoms with Gasteiger partial charge in [-0.15, -0.1) is 11.3 Å². The number of fused-ring (bicyclic) bond motifs is 1. The lowest BCUT2D eigenvalue weighted by Crippen LogP contribution is -2.37. The first-order valence-electron chi connectivity index (χ1n) is 6.86. The standard InChI is InChI=1S/C14H19N3O2S/c1-9-8-20-14-15-11(5-13(19)17(9)14)7-16(2)6-10-3-12(18)4-10/h5,8,10,12,18H,3-4,6-7H2,1-2H3. The molecule has 2 aromatic heterocycles. The Kier molecular flexibility index (Phi) is 3.62. The molecule has 2 aromatic rings. The van der Waals surface area contributed by atoms with Crippen LogP contribution in [0, 0.1) is 12.8 Å². The topological polar surface area (TPSA) is 57.8 Å². The van der Waals surface area contributed by atoms with Gasteiger partial charge in [-0.1, -0.05) is 0 Å². The molecule has 1 aliphatic rings. The largest absolute Gasteiger partial charge is 0.393 e. The number of aliphatic hydroxyl groups excluding tert-OH is 1. The van der Waals surface area contributed by atoms with E-state index in [2.05, 4.69) is 9.88 Å². The summed E-state index contributed by atoms with van der Waals surface area (Å²) >= 11 is 1.50. The molecule has 0 bridgehead atoms. The van der Waals surface area contributed by atoms with E-state index < -0.39 is 0 Å². The van der Waals surface area contributed by atoms with Crippen molar-refractivity contribution in [3.8, 4) is 0 Å². The SMILES string of the molecule is Cc1csc2nc(CN(C)CC3CC(O)C3)cc(=O)n12. The Balaban J connectivity index is 1.72. The molecule has 1 saturated carbocycles. The quantitative estimate of drug-likeness (QED) is 0.922. The molecular weight excluding hydrogens is 274 g/mol. The van der Waals surface area contributed by atoms with E-state index in [0.29, 0.717) is 12.5 Å². The molecule has 0 atom stereocenters. The van der Waals surface area contributed by atoms with Crippen molar-refractivity contribution in [2.45, 2.75) is 32.4 Å². The third kappa shape index (κ3) is 2.63. The molecule has 5 nitrogen and oxygen atoms in total. The molecule has 0 radical (unpaired) electrons. The number of aliphatic hydroxyl groups is 1. The smallest absolute Gasteiger partial charge is 0.259 e. The second kappa shape index (κ2) is 5.27. The number of thiazole rings is 1. The molecule has 0 spiro atoms. The fourth-order valence-corrected chi connectivity index (χ4v) is 3.70. The molecule has 0 amide bonds. The summed E-state index contributed by atoms with van der Waals surface area (Å²) in [5.74, 6) is 0.573. The van der Waals surface area contributed by atoms with E-state index >= 15 is 0 Å². The molecule has 2 heterocycles. The summed E-state index contributed by atoms with van der Waals surface area (Å²) in [5, 5.41) is 11.3. The van der Waals surface area contributed by atoms with Gasteiger partial charge in [0.2, 0.25) is 0 Å². The lowest BCUT2D eigenvalue weighted by Gasteiger charge is -2.34. The summed E-state index contributed by atoms with van der Waals surface area (Å²) in [5.41, 5.74) is 1.75. The van der Waals surface area contributed by atoms with Gasteiger partial charge in [-0.3, -0.25) is 9.20 Å². The van der Waals surface area contributed by atoms with E-state index in [-0.39, 0.29) is 11.7 Å². The van der Waals surface area contributed by atoms with Gasteiger partial charge in [-0.2, -0.15) is 0 Å². The maximum Gasteiger partial charge on any atom is 0.259 e. The van der Waals surface area contributed by atoms with E-state index in [1.807, 2.05) is 19.4 Å². The molecule has 20 heavy (non-hydrogen) atoms. The average molecular weight is 293 g/mol. The summed E-state index contributed by atoms with van der Waals surface area (Å²) in [7, 11) is 2.04. The molecule has 108 valence electrons. The number of rotatable bonds is 4. The van der Waals surface area contributed by atoms with E-state index in [9.17, 15) is 9.90 Å². The molecule has 1 aliphatic carbocycles. The minimum Gasteiger partial charge on any atom is -0.393 e. The second-order valence-corrected chi connectivity index (χ2v) is 6.61. The number of aromatic nitrogens is 2. The van der Waals surface area contributed by atoms with Gasteiger partial charge in [0.25, 0.3) is 5.56 Å². The number of nitrogens with zero attached hydrogens (tertiary/aromatic N) is 3. The predicted molar refractivity (Wildman–Crippen MR) is 79.1 cm³/mol. The lowest BCUT2D eigenvalue weighted by molar-refractivity contribution is 0.0272. The highest BCUT2D eigenvalue weighted by Crippen LogP contribution is 2.27. The minimum absolute atomic E-state index is 0.00350. The molecule has 0 aliphatic heterocycles. The zero-order valence-electron chi connectivity index (χ0n) is 11.7. The van der Waals surface area contributed by atoms with Crippen molar-refractivity contribution in [2.24, 2.45) is 5.92 Å². The molecule has 1 fully saturated rings. The summed E-state index contributed by atoms with van der Waals surface area (Å²) in [6, 6.07) is 1.62. The van der Waals surface area contributed by atoms with Crippen LogP contribution in [0.2, 0.25) is 0 Å². The van der Waals surface area contributed by atoms with Gasteiger partial charge in [0, 0.05) is 30.2 Å². The summed E-state index contributed by atoms with van der Waals surface area (Å²) in [6.07, 6.45) is 1.68. The molecule has 6 heteroatoms. The molecule has 0 saturated heterocycles. The Bertz CT molecular complexity index is 673. The van der Waals surface area contributed by atoms with Crippen LogP contribution >= 0.6 is 11.3 Å². The summed E-state index contributed by atoms with van der Waals surface area (Å²) in [4.78, 5) is 19.6. The average Bonchev–Trinajstić information content (AvgIpc) is 2.69. The Morgan fingerprint density at radius 1 is 1.55 bits per heavy atom. The molecule has 0 aromatic carbocycles. The Labute approximate surface area is 121 Å². The Morgan fingerprint density at radius 2 is 2.30 bits per heavy atom. The Hall–Kier alpha value is -1.24. The van der Waals surface area contributed by atoms with Crippen molar-refractivity contribution < 1.29 is 5.11 Å². The van der Waals surface area contributed by atoms with E-state index in [0.717, 1.165) is 35.7 Å². The van der Waals surface area contributed by atoms with Crippen molar-refractivity contribution >= 4 is 16.3 Å². The van der Waals surface area contributed by atoms with Crippen molar-refractivity contribution in [1.29, 1.82) is 0 Å². The van der Waals surface area contributed by atoms with E-state index in [1.165, 1.54) is 11.3 Å². The highest BCUT2D eigenvalue weighted by Gasteiger charge is 2.27. The second-order valence-electron chi connectivity index (χ2n) is 5.77. The first-order valence-corrected chi connectivity index (χ1v) is 7.74. The Morgan fingerprint density at radius 3 is 3.00 bits per heavy atom. The van der Waals surface area contributed by atoms with Crippen molar-refractivity contribution in [2.75, 3.05) is 13.6 Å². The third-order valence-corrected chi connectivity index (χ3v) is 4.78. The van der Waals surface area contributed by atoms with Crippen LogP contribution in [0.25, 0.3) is 4.96 Å². The zero-order chi connectivity index (χ0) is 14.3. The van der Waals surface area contributed by atoms with E-state index in [4.69, 9.17) is 0 Å². The first kappa shape index (κ1) is 13.7. The van der Waals surface area contributed by atoms with Crippen LogP contribution in [0.1, 0.15) is 24.2 Å². The van der Waals surface area contributed by atoms with Crippen LogP contribution < -0.4 is 5.56 Å². The van der Waals surface area contributed by atoms with Crippen LogP contribution in [0.4, 0.5) is 0 Å². The zero-order valence-corrected chi connectivity index (χ0v) is 12.6. The first-order chi connectivity index (χ1) is 9.52. The maximum atomic E-state index is 12.1. The fraction of sp³-hybridized carbons (Fsp3) is 0.571. The van der Waals surface area contributed by atoms with Gasteiger partial charge in [0.05, 0.1) is 11.8 Å². The van der Waals surface area contributed by atoms with E-state index in [1.54, 1.807) is 10.5 Å². The van der Waals surface area contributed by atoms with Crippen LogP contribution in [0.5, 0.6) is 0 Å². The molecule has 3 rings (SSSR count). The predicted octanol–water partition coefficient (Wildman–Crippen LogP) is 1.27. The van der Waals surface area contributed by atoms with Crippen molar-refractivity contribution in [3.63, 3.8) is 0 Å². The van der Waals surface area contributed by atoms with Crippen LogP contribution in [-0.4, -0.2) is 39.1 Å². The highest BCUT2D eigenvalue weighted by molar-refractivity contribution is 7.15. The normalized spacial score (nSPS) is 22.4. The highest BCUT2D eigenvalue weighted by atomic mass is 32.1. The van der Waals surface area contributed by atoms with Crippen LogP contribution in [0.15, 0.2) is 16.2 Å². The lowest BCUT2D eigenvalue weighted by atomic mass is 9.82. The number of aryl methyl sites for hydroxylation is 1. The van der Waals surface area contributed by atoms with Gasteiger partial charge in [0.1, 0.15) is 0 Å². The third-order valence-electron chi connectivity index (χ3n) is 3.84. The van der Waals surface area contributed by atoms with Gasteiger partial charge in [-0.25, -0.2) is 4.98 Å². The number of hydrogen-bond acceptors (Lipinski definition) is 5. The summed E-state index contributed by atoms with van der Waals surface area (Å²) in [6.45, 7) is 3.54. The fourth-order valence-electron chi connectivity index (χ4n) is 2.81. The molecule has 1 N–H and O–H groups in total. The molecule has 0 unspecified atom stereocenters. The minimum atomic E-state index is -0.110. The van der Waals surface area contributed by atoms with Crippen molar-refractivity contribution in [1.82, 2.24) is 14.3 Å². The monoisotopic (exact) mass is 293 g/mol. The molecular formula is C14H19N3O2S. The van der Waals surface area contributed by atoms with Crippen LogP contribution in [-0.2, 0) is 6.54 Å². The summed E-state index contributed by atoms with van der Waals surface area (Å²) < 4.78 is 1.65. The maximum absolute atomic E-state index is 12.1. The number of hydrogen-bond donors (Lipinski definition) is 1. The van der Waals surface area contributed by atoms with Crippen molar-refractivity contribution in [3.05, 3.63) is 33.2 Å². The van der Waals surface area contributed by atoms with Gasteiger partial charge in [0.15, 0.2) is 4.96 Å². The van der Waals surface area contributed by atoms with Gasteiger partial charge in [-0.05, 0) is 32.7 Å². The van der Waals surface area contributed by atoms with Gasteiger partial charge >= 0.3 is 0 Å². The van der Waals surface area contributed by atoms with Crippen LogP contribution in [0.3, 0.4) is 0 Å². The van der Waals surface area contributed by atoms with Gasteiger partial charge < -0.3 is 10.0 Å².